The molecule has 5 nitrogen and oxygen atoms in total. The molecule has 0 aliphatic rings. The van der Waals surface area contributed by atoms with Crippen LogP contribution in [0, 0.1) is 0 Å². The van der Waals surface area contributed by atoms with Gasteiger partial charge in [0, 0.05) is 26.5 Å². The summed E-state index contributed by atoms with van der Waals surface area (Å²) in [5.74, 6) is -1.88. The van der Waals surface area contributed by atoms with Crippen LogP contribution in [-0.4, -0.2) is 48.7 Å². The van der Waals surface area contributed by atoms with Gasteiger partial charge in [-0.15, -0.1) is 0 Å². The molecule has 8 heteroatoms. The van der Waals surface area contributed by atoms with E-state index in [0.717, 1.165) is 12.4 Å². The second-order valence-electron chi connectivity index (χ2n) is 3.78. The van der Waals surface area contributed by atoms with Gasteiger partial charge in [0.25, 0.3) is 5.78 Å². The highest BCUT2D eigenvalue weighted by molar-refractivity contribution is 5.99. The Kier molecular flexibility index (Phi) is 5.97. The van der Waals surface area contributed by atoms with Crippen LogP contribution in [-0.2, 0) is 16.0 Å². The average molecular weight is 280 g/mol. The summed E-state index contributed by atoms with van der Waals surface area (Å²) >= 11 is 0. The number of halogens is 3. The Bertz CT molecular complexity index is 404. The smallest absolute Gasteiger partial charge is 0.382 e. The Labute approximate surface area is 108 Å². The van der Waals surface area contributed by atoms with Gasteiger partial charge in [-0.05, 0) is 6.42 Å². The SMILES string of the molecule is COCCOCCCn1cc(C(=O)C(F)(F)F)cn1. The van der Waals surface area contributed by atoms with Crippen molar-refractivity contribution < 1.29 is 27.4 Å². The highest BCUT2D eigenvalue weighted by Gasteiger charge is 2.39. The number of ketones is 1. The van der Waals surface area contributed by atoms with Crippen molar-refractivity contribution in [2.24, 2.45) is 0 Å². The molecular weight excluding hydrogens is 265 g/mol. The third-order valence-corrected chi connectivity index (χ3v) is 2.26. The topological polar surface area (TPSA) is 53.4 Å². The summed E-state index contributed by atoms with van der Waals surface area (Å²) in [4.78, 5) is 10.9. The number of rotatable bonds is 8. The van der Waals surface area contributed by atoms with Crippen LogP contribution in [0.4, 0.5) is 13.2 Å². The predicted octanol–water partition coefficient (Wildman–Crippen LogP) is 1.68. The van der Waals surface area contributed by atoms with E-state index in [0.29, 0.717) is 32.8 Å². The third-order valence-electron chi connectivity index (χ3n) is 2.26. The molecule has 1 rings (SSSR count). The van der Waals surface area contributed by atoms with E-state index in [1.54, 1.807) is 7.11 Å². The molecule has 0 atom stereocenters. The molecule has 1 heterocycles. The maximum atomic E-state index is 12.2. The van der Waals surface area contributed by atoms with E-state index in [2.05, 4.69) is 5.10 Å². The number of alkyl halides is 3. The number of hydrogen-bond acceptors (Lipinski definition) is 4. The van der Waals surface area contributed by atoms with Crippen molar-refractivity contribution in [3.05, 3.63) is 18.0 Å². The van der Waals surface area contributed by atoms with E-state index in [4.69, 9.17) is 9.47 Å². The minimum Gasteiger partial charge on any atom is -0.382 e. The molecule has 0 aliphatic heterocycles. The Morgan fingerprint density at radius 3 is 2.74 bits per heavy atom. The van der Waals surface area contributed by atoms with E-state index >= 15 is 0 Å². The zero-order valence-electron chi connectivity index (χ0n) is 10.4. The number of Topliss-reactive ketones (excluding diaryl/α,β-unsaturated/α-hetero) is 1. The highest BCUT2D eigenvalue weighted by Crippen LogP contribution is 2.20. The fourth-order valence-electron chi connectivity index (χ4n) is 1.34. The fourth-order valence-corrected chi connectivity index (χ4v) is 1.34. The van der Waals surface area contributed by atoms with Crippen LogP contribution < -0.4 is 0 Å². The van der Waals surface area contributed by atoms with Gasteiger partial charge in [0.15, 0.2) is 0 Å². The standard InChI is InChI=1S/C11H15F3N2O3/c1-18-5-6-19-4-2-3-16-8-9(7-15-16)10(17)11(12,13)14/h7-8H,2-6H2,1H3. The summed E-state index contributed by atoms with van der Waals surface area (Å²) < 4.78 is 47.7. The molecule has 0 bridgehead atoms. The van der Waals surface area contributed by atoms with Gasteiger partial charge in [-0.2, -0.15) is 18.3 Å². The first-order valence-electron chi connectivity index (χ1n) is 5.66. The number of aryl methyl sites for hydroxylation is 1. The molecule has 108 valence electrons. The molecule has 0 amide bonds. The molecule has 0 saturated heterocycles. The van der Waals surface area contributed by atoms with Crippen molar-refractivity contribution in [1.82, 2.24) is 9.78 Å². The van der Waals surface area contributed by atoms with Gasteiger partial charge >= 0.3 is 6.18 Å². The van der Waals surface area contributed by atoms with E-state index in [1.807, 2.05) is 0 Å². The van der Waals surface area contributed by atoms with Crippen LogP contribution >= 0.6 is 0 Å². The van der Waals surface area contributed by atoms with Crippen molar-refractivity contribution in [1.29, 1.82) is 0 Å². The van der Waals surface area contributed by atoms with Crippen molar-refractivity contribution in [2.45, 2.75) is 19.1 Å². The maximum absolute atomic E-state index is 12.2. The van der Waals surface area contributed by atoms with Crippen LogP contribution in [0.15, 0.2) is 12.4 Å². The number of ether oxygens (including phenoxy) is 2. The lowest BCUT2D eigenvalue weighted by Gasteiger charge is -2.04. The summed E-state index contributed by atoms with van der Waals surface area (Å²) in [7, 11) is 1.56. The second kappa shape index (κ2) is 7.25. The van der Waals surface area contributed by atoms with Gasteiger partial charge in [-0.1, -0.05) is 0 Å². The van der Waals surface area contributed by atoms with Gasteiger partial charge < -0.3 is 9.47 Å². The van der Waals surface area contributed by atoms with Crippen molar-refractivity contribution in [2.75, 3.05) is 26.9 Å². The van der Waals surface area contributed by atoms with E-state index in [1.165, 1.54) is 4.68 Å². The van der Waals surface area contributed by atoms with E-state index in [9.17, 15) is 18.0 Å². The predicted molar refractivity (Wildman–Crippen MR) is 59.9 cm³/mol. The first kappa shape index (κ1) is 15.6. The maximum Gasteiger partial charge on any atom is 0.454 e. The first-order chi connectivity index (χ1) is 8.95. The molecule has 0 aliphatic carbocycles. The van der Waals surface area contributed by atoms with Crippen molar-refractivity contribution >= 4 is 5.78 Å². The molecule has 0 unspecified atom stereocenters. The molecule has 0 radical (unpaired) electrons. The van der Waals surface area contributed by atoms with Crippen LogP contribution in [0.25, 0.3) is 0 Å². The number of methoxy groups -OCH3 is 1. The molecule has 1 aromatic rings. The summed E-state index contributed by atoms with van der Waals surface area (Å²) in [6, 6.07) is 0. The van der Waals surface area contributed by atoms with Crippen LogP contribution in [0.5, 0.6) is 0 Å². The monoisotopic (exact) mass is 280 g/mol. The molecule has 0 saturated carbocycles. The molecular formula is C11H15F3N2O3. The molecule has 0 aromatic carbocycles. The largest absolute Gasteiger partial charge is 0.454 e. The molecule has 0 N–H and O–H groups in total. The zero-order chi connectivity index (χ0) is 14.3. The summed E-state index contributed by atoms with van der Waals surface area (Å²) in [5.41, 5.74) is -0.451. The molecule has 0 spiro atoms. The van der Waals surface area contributed by atoms with Crippen molar-refractivity contribution in [3.63, 3.8) is 0 Å². The molecule has 1 aromatic heterocycles. The Morgan fingerprint density at radius 1 is 1.37 bits per heavy atom. The number of nitrogens with zero attached hydrogens (tertiary/aromatic N) is 2. The quantitative estimate of drug-likeness (QED) is 0.537. The third kappa shape index (κ3) is 5.39. The van der Waals surface area contributed by atoms with Gasteiger partial charge in [0.1, 0.15) is 0 Å². The van der Waals surface area contributed by atoms with E-state index in [-0.39, 0.29) is 0 Å². The number of carbonyl (C=O) groups is 1. The Morgan fingerprint density at radius 2 is 2.11 bits per heavy atom. The van der Waals surface area contributed by atoms with Gasteiger partial charge in [-0.3, -0.25) is 9.48 Å². The highest BCUT2D eigenvalue weighted by atomic mass is 19.4. The van der Waals surface area contributed by atoms with Crippen LogP contribution in [0.1, 0.15) is 16.8 Å². The number of hydrogen-bond donors (Lipinski definition) is 0. The second-order valence-corrected chi connectivity index (χ2v) is 3.78. The molecule has 19 heavy (non-hydrogen) atoms. The lowest BCUT2D eigenvalue weighted by molar-refractivity contribution is -0.0885. The van der Waals surface area contributed by atoms with E-state index < -0.39 is 17.5 Å². The van der Waals surface area contributed by atoms with Gasteiger partial charge in [-0.25, -0.2) is 0 Å². The van der Waals surface area contributed by atoms with Crippen molar-refractivity contribution in [3.8, 4) is 0 Å². The summed E-state index contributed by atoms with van der Waals surface area (Å²) in [6.45, 7) is 1.79. The Balaban J connectivity index is 2.33. The van der Waals surface area contributed by atoms with Gasteiger partial charge in [0.05, 0.1) is 25.0 Å². The number of carbonyl (C=O) groups excluding carboxylic acids is 1. The molecule has 0 fully saturated rings. The minimum atomic E-state index is -4.86. The summed E-state index contributed by atoms with van der Waals surface area (Å²) in [6.07, 6.45) is -2.27. The lowest BCUT2D eigenvalue weighted by Crippen LogP contribution is -2.22. The minimum absolute atomic E-state index is 0.387. The van der Waals surface area contributed by atoms with Crippen LogP contribution in [0.2, 0.25) is 0 Å². The zero-order valence-corrected chi connectivity index (χ0v) is 10.4. The average Bonchev–Trinajstić information content (AvgIpc) is 2.80. The van der Waals surface area contributed by atoms with Crippen LogP contribution in [0.3, 0.4) is 0 Å². The Hall–Kier alpha value is -1.41. The first-order valence-corrected chi connectivity index (χ1v) is 5.66. The fraction of sp³-hybridized carbons (Fsp3) is 0.636. The number of aromatic nitrogens is 2. The normalized spacial score (nSPS) is 11.8. The summed E-state index contributed by atoms with van der Waals surface area (Å²) in [5, 5.41) is 3.70. The van der Waals surface area contributed by atoms with Gasteiger partial charge in [0.2, 0.25) is 0 Å². The lowest BCUT2D eigenvalue weighted by atomic mass is 10.2.